The van der Waals surface area contributed by atoms with Gasteiger partial charge < -0.3 is 14.9 Å². The van der Waals surface area contributed by atoms with E-state index in [-0.39, 0.29) is 27.8 Å². The molecule has 1 saturated carbocycles. The number of anilines is 3. The monoisotopic (exact) mass is 694 g/mol. The molecule has 2 aromatic heterocycles. The topological polar surface area (TPSA) is 43.1 Å². The summed E-state index contributed by atoms with van der Waals surface area (Å²) < 4.78 is 0. The van der Waals surface area contributed by atoms with E-state index in [1.54, 1.807) is 24.2 Å². The molecule has 1 aliphatic carbocycles. The van der Waals surface area contributed by atoms with E-state index in [1.165, 1.54) is 34.6 Å². The molecule has 0 radical (unpaired) electrons. The number of benzene rings is 3. The summed E-state index contributed by atoms with van der Waals surface area (Å²) in [5, 5.41) is 0. The molecule has 0 saturated heterocycles. The maximum Gasteiger partial charge on any atom is 3.00 e. The van der Waals surface area contributed by atoms with Crippen LogP contribution in [0, 0.1) is 12.1 Å². The summed E-state index contributed by atoms with van der Waals surface area (Å²) >= 11 is 1.81. The predicted octanol–water partition coefficient (Wildman–Crippen LogP) is 7.88. The molecule has 0 spiro atoms. The van der Waals surface area contributed by atoms with E-state index < -0.39 is 0 Å². The molecular weight excluding hydrogens is 669 g/mol. The molecule has 5 aromatic rings. The summed E-state index contributed by atoms with van der Waals surface area (Å²) in [4.78, 5) is 18.4. The van der Waals surface area contributed by atoms with Crippen LogP contribution in [0.1, 0.15) is 43.4 Å². The van der Waals surface area contributed by atoms with Crippen molar-refractivity contribution in [2.24, 2.45) is 0 Å². The second-order valence-corrected chi connectivity index (χ2v) is 10.8. The fourth-order valence-electron chi connectivity index (χ4n) is 5.78. The summed E-state index contributed by atoms with van der Waals surface area (Å²) in [6, 6.07) is 33.2. The molecule has 3 heterocycles. The van der Waals surface area contributed by atoms with Gasteiger partial charge in [0.15, 0.2) is 0 Å². The Balaban J connectivity index is 0.00000264. The summed E-state index contributed by atoms with van der Waals surface area (Å²) in [6.07, 6.45) is 11.3. The number of para-hydroxylation sites is 1. The number of pyridine rings is 1. The van der Waals surface area contributed by atoms with Gasteiger partial charge in [-0.1, -0.05) is 60.4 Å². The Labute approximate surface area is 243 Å². The van der Waals surface area contributed by atoms with Gasteiger partial charge in [-0.05, 0) is 42.8 Å². The predicted molar refractivity (Wildman–Crippen MR) is 148 cm³/mol. The van der Waals surface area contributed by atoms with Crippen molar-refractivity contribution in [2.45, 2.75) is 47.3 Å². The molecule has 7 rings (SSSR count). The molecule has 6 heteroatoms. The van der Waals surface area contributed by atoms with Crippen LogP contribution < -0.4 is 9.88 Å². The molecule has 1 fully saturated rings. The van der Waals surface area contributed by atoms with Crippen LogP contribution in [-0.2, 0) is 27.8 Å². The zero-order valence-electron chi connectivity index (χ0n) is 20.7. The van der Waals surface area contributed by atoms with Crippen molar-refractivity contribution in [3.8, 4) is 11.4 Å². The van der Waals surface area contributed by atoms with Gasteiger partial charge in [-0.25, -0.2) is 0 Å². The molecule has 0 N–H and O–H groups in total. The molecule has 0 unspecified atom stereocenters. The smallest absolute Gasteiger partial charge is 0.490 e. The van der Waals surface area contributed by atoms with Crippen LogP contribution >= 0.6 is 11.8 Å². The Kier molecular flexibility index (Phi) is 7.02. The van der Waals surface area contributed by atoms with E-state index in [2.05, 4.69) is 87.7 Å². The number of imidazole rings is 1. The first-order valence-corrected chi connectivity index (χ1v) is 13.7. The average Bonchev–Trinajstić information content (AvgIpc) is 3.52. The van der Waals surface area contributed by atoms with E-state index in [9.17, 15) is 0 Å². The minimum Gasteiger partial charge on any atom is -0.490 e. The normalized spacial score (nSPS) is 15.7. The zero-order valence-corrected chi connectivity index (χ0v) is 23.7. The summed E-state index contributed by atoms with van der Waals surface area (Å²) in [5.41, 5.74) is 6.32. The Morgan fingerprint density at radius 1 is 0.789 bits per heavy atom. The van der Waals surface area contributed by atoms with E-state index in [4.69, 9.17) is 4.98 Å². The number of aromatic nitrogens is 3. The third kappa shape index (κ3) is 4.34. The largest absolute Gasteiger partial charge is 3.00 e. The van der Waals surface area contributed by atoms with Crippen LogP contribution in [0.5, 0.6) is 0 Å². The van der Waals surface area contributed by atoms with Crippen LogP contribution in [-0.4, -0.2) is 9.97 Å². The van der Waals surface area contributed by atoms with Crippen molar-refractivity contribution in [2.75, 3.05) is 4.90 Å². The van der Waals surface area contributed by atoms with Crippen molar-refractivity contribution in [3.63, 3.8) is 0 Å². The maximum atomic E-state index is 4.86. The van der Waals surface area contributed by atoms with Crippen molar-refractivity contribution in [1.82, 2.24) is 15.0 Å². The third-order valence-corrected chi connectivity index (χ3v) is 8.65. The standard InChI is InChI=1S/C32H25N4S.Au/c1-5-16-32(17-6-1,30-13-4-7-18-33-30)24-14-15-29-27(22-24)36(26-11-2-3-12-28(26)37-29)25-10-8-9-23(21-25)31-34-19-20-35-31;/h2-4,7-15,18-20H,1,5-6,16-17H2;/q-3;+3. The average molecular weight is 695 g/mol. The number of fused-ring (bicyclic) bond motifs is 2. The van der Waals surface area contributed by atoms with Gasteiger partial charge in [0.25, 0.3) is 0 Å². The minimum absolute atomic E-state index is 0. The molecule has 0 atom stereocenters. The minimum atomic E-state index is -0.115. The molecule has 0 bridgehead atoms. The van der Waals surface area contributed by atoms with E-state index in [0.717, 1.165) is 41.2 Å². The Morgan fingerprint density at radius 3 is 2.47 bits per heavy atom. The van der Waals surface area contributed by atoms with Gasteiger partial charge in [0.1, 0.15) is 0 Å². The first-order valence-electron chi connectivity index (χ1n) is 12.8. The SMILES string of the molecule is [Au+3].[c-]1c(-c2ncc[n-]2)cccc1N1c2[c-]c(C3(c4ccccn4)CCCCC3)ccc2Sc2ccccc21. The van der Waals surface area contributed by atoms with E-state index in [0.29, 0.717) is 5.82 Å². The molecule has 0 amide bonds. The molecular formula is C32H25AuN4S. The molecule has 1 aliphatic heterocycles. The number of hydrogen-bond acceptors (Lipinski definition) is 4. The fourth-order valence-corrected chi connectivity index (χ4v) is 6.80. The first kappa shape index (κ1) is 25.2. The third-order valence-electron chi connectivity index (χ3n) is 7.54. The van der Waals surface area contributed by atoms with Gasteiger partial charge in [-0.3, -0.25) is 4.98 Å². The molecule has 38 heavy (non-hydrogen) atoms. The maximum absolute atomic E-state index is 4.86. The van der Waals surface area contributed by atoms with Crippen LogP contribution in [0.4, 0.5) is 17.1 Å². The Hall–Kier alpha value is -3.09. The fraction of sp³-hybridized carbons (Fsp3) is 0.188. The number of hydrogen-bond donors (Lipinski definition) is 0. The van der Waals surface area contributed by atoms with Gasteiger partial charge in [0.2, 0.25) is 0 Å². The van der Waals surface area contributed by atoms with Crippen molar-refractivity contribution >= 4 is 28.8 Å². The zero-order chi connectivity index (χ0) is 24.7. The van der Waals surface area contributed by atoms with Gasteiger partial charge in [0.05, 0.1) is 5.69 Å². The molecule has 2 aliphatic rings. The van der Waals surface area contributed by atoms with Crippen LogP contribution in [0.2, 0.25) is 0 Å². The summed E-state index contributed by atoms with van der Waals surface area (Å²) in [6.45, 7) is 0. The van der Waals surface area contributed by atoms with Crippen LogP contribution in [0.3, 0.4) is 0 Å². The quantitative estimate of drug-likeness (QED) is 0.139. The van der Waals surface area contributed by atoms with Crippen molar-refractivity contribution in [1.29, 1.82) is 0 Å². The van der Waals surface area contributed by atoms with Crippen molar-refractivity contribution in [3.05, 3.63) is 115 Å². The second kappa shape index (κ2) is 10.6. The van der Waals surface area contributed by atoms with E-state index >= 15 is 0 Å². The van der Waals surface area contributed by atoms with Crippen LogP contribution in [0.15, 0.2) is 101 Å². The van der Waals surface area contributed by atoms with Gasteiger partial charge in [-0.2, -0.15) is 35.5 Å². The molecule has 3 aromatic carbocycles. The Morgan fingerprint density at radius 2 is 1.66 bits per heavy atom. The Bertz CT molecular complexity index is 1550. The first-order chi connectivity index (χ1) is 18.3. The van der Waals surface area contributed by atoms with E-state index in [1.807, 2.05) is 18.3 Å². The second-order valence-electron chi connectivity index (χ2n) is 9.68. The van der Waals surface area contributed by atoms with Crippen molar-refractivity contribution < 1.29 is 22.4 Å². The summed E-state index contributed by atoms with van der Waals surface area (Å²) in [7, 11) is 0. The number of rotatable bonds is 4. The van der Waals surface area contributed by atoms with Gasteiger partial charge in [-0.15, -0.1) is 35.7 Å². The number of nitrogens with zero attached hydrogens (tertiary/aromatic N) is 4. The molecule has 4 nitrogen and oxygen atoms in total. The summed E-state index contributed by atoms with van der Waals surface area (Å²) in [5.74, 6) is 0.691. The molecule has 190 valence electrons. The van der Waals surface area contributed by atoms with Gasteiger partial charge >= 0.3 is 22.4 Å². The van der Waals surface area contributed by atoms with Gasteiger partial charge in [0, 0.05) is 22.2 Å². The van der Waals surface area contributed by atoms with Crippen LogP contribution in [0.25, 0.3) is 11.4 Å².